The molecule has 0 fully saturated rings. The minimum atomic E-state index is -6.79. The van der Waals surface area contributed by atoms with Gasteiger partial charge < -0.3 is 0 Å². The van der Waals surface area contributed by atoms with Gasteiger partial charge in [0.15, 0.2) is 0 Å². The van der Waals surface area contributed by atoms with E-state index in [1.165, 1.54) is 0 Å². The van der Waals surface area contributed by atoms with Crippen molar-refractivity contribution in [2.24, 2.45) is 0 Å². The van der Waals surface area contributed by atoms with Crippen molar-refractivity contribution in [3.05, 3.63) is 0 Å². The minimum Gasteiger partial charge on any atom is -0.293 e. The fourth-order valence-electron chi connectivity index (χ4n) is 0.347. The van der Waals surface area contributed by atoms with E-state index in [2.05, 4.69) is 0 Å². The van der Waals surface area contributed by atoms with Crippen LogP contribution in [0.4, 0.5) is 0 Å². The predicted octanol–water partition coefficient (Wildman–Crippen LogP) is -3.34. The van der Waals surface area contributed by atoms with E-state index in [0.29, 0.717) is 0 Å². The molecule has 0 bridgehead atoms. The summed E-state index contributed by atoms with van der Waals surface area (Å²) >= 11 is 0. The second kappa shape index (κ2) is 4.85. The van der Waals surface area contributed by atoms with Gasteiger partial charge in [-0.25, -0.2) is 8.42 Å². The zero-order chi connectivity index (χ0) is 15.2. The molecule has 0 rings (SSSR count). The maximum Gasteiger partial charge on any atom is 0.386 e. The molecule has 12 nitrogen and oxygen atoms in total. The van der Waals surface area contributed by atoms with Gasteiger partial charge in [-0.3, -0.25) is 9.11 Å². The summed E-state index contributed by atoms with van der Waals surface area (Å²) in [5.41, 5.74) is 0. The molecule has 0 saturated carbocycles. The standard InChI is InChI=1S/H2O12S6/c1-13(2)15(5,6)17(9,10)18(11,12)16(7,8)14(3)4/h(H,1,2)(H,3,4). The zero-order valence-corrected chi connectivity index (χ0v) is 12.3. The van der Waals surface area contributed by atoms with Gasteiger partial charge in [-0.15, -0.1) is 0 Å². The first-order valence-corrected chi connectivity index (χ1v) is 13.6. The average molecular weight is 386 g/mol. The van der Waals surface area contributed by atoms with Gasteiger partial charge in [-0.2, -0.15) is 33.7 Å². The van der Waals surface area contributed by atoms with E-state index >= 15 is 0 Å². The molecule has 0 aromatic rings. The van der Waals surface area contributed by atoms with Crippen molar-refractivity contribution in [3.63, 3.8) is 0 Å². The largest absolute Gasteiger partial charge is 0.386 e. The van der Waals surface area contributed by atoms with Gasteiger partial charge in [0.25, 0.3) is 20.2 Å². The lowest BCUT2D eigenvalue weighted by molar-refractivity contribution is 0.559. The number of rotatable bonds is 5. The van der Waals surface area contributed by atoms with E-state index in [1.54, 1.807) is 0 Å². The molecule has 0 aliphatic heterocycles. The van der Waals surface area contributed by atoms with Crippen molar-refractivity contribution in [1.29, 1.82) is 0 Å². The number of hydrogen-bond donors (Lipinski definition) is 2. The van der Waals surface area contributed by atoms with E-state index in [4.69, 9.17) is 9.11 Å². The Labute approximate surface area is 103 Å². The summed E-state index contributed by atoms with van der Waals surface area (Å²) in [4.78, 5) is 0. The molecular weight excluding hydrogens is 384 g/mol. The molecule has 0 heterocycles. The maximum absolute atomic E-state index is 10.9. The molecule has 0 aliphatic carbocycles. The molecule has 0 saturated heterocycles. The minimum absolute atomic E-state index is 4.28. The van der Waals surface area contributed by atoms with Crippen LogP contribution in [0.3, 0.4) is 0 Å². The van der Waals surface area contributed by atoms with Crippen molar-refractivity contribution in [2.45, 2.75) is 0 Å². The summed E-state index contributed by atoms with van der Waals surface area (Å²) < 4.78 is 123. The van der Waals surface area contributed by atoms with Crippen molar-refractivity contribution in [1.82, 2.24) is 0 Å². The van der Waals surface area contributed by atoms with Crippen molar-refractivity contribution < 1.29 is 51.2 Å². The molecule has 2 N–H and O–H groups in total. The number of hydrogen-bond acceptors (Lipinski definition) is 10. The first-order chi connectivity index (χ1) is 7.64. The monoisotopic (exact) mass is 386 g/mol. The summed E-state index contributed by atoms with van der Waals surface area (Å²) in [5.74, 6) is 0. The van der Waals surface area contributed by atoms with Gasteiger partial charge in [0.05, 0.1) is 0 Å². The summed E-state index contributed by atoms with van der Waals surface area (Å²) in [7, 11) is -34.9. The molecule has 110 valence electrons. The molecule has 0 amide bonds. The van der Waals surface area contributed by atoms with Crippen LogP contribution in [0.15, 0.2) is 0 Å². The quantitative estimate of drug-likeness (QED) is 0.350. The van der Waals surface area contributed by atoms with Gasteiger partial charge in [0.2, 0.25) is 0 Å². The third-order valence-electron chi connectivity index (χ3n) is 1.10. The van der Waals surface area contributed by atoms with Crippen molar-refractivity contribution >= 4 is 51.8 Å². The highest BCUT2D eigenvalue weighted by molar-refractivity contribution is 9.30. The highest BCUT2D eigenvalue weighted by Gasteiger charge is 2.56. The van der Waals surface area contributed by atoms with Gasteiger partial charge >= 0.3 is 31.6 Å². The fraction of sp³-hybridized carbons (Fsp3) is 0. The first kappa shape index (κ1) is 18.0. The Kier molecular flexibility index (Phi) is 4.85. The van der Waals surface area contributed by atoms with Crippen LogP contribution in [0.2, 0.25) is 0 Å². The molecular formula is H2O12S6. The molecule has 2 unspecified atom stereocenters. The Balaban J connectivity index is 6.70. The molecule has 0 radical (unpaired) electrons. The third-order valence-corrected chi connectivity index (χ3v) is 24.0. The van der Waals surface area contributed by atoms with Crippen LogP contribution in [0, 0.1) is 0 Å². The van der Waals surface area contributed by atoms with Crippen LogP contribution in [-0.4, -0.2) is 51.2 Å². The van der Waals surface area contributed by atoms with E-state index in [9.17, 15) is 42.1 Å². The Morgan fingerprint density at radius 2 is 0.722 bits per heavy atom. The van der Waals surface area contributed by atoms with E-state index in [0.717, 1.165) is 0 Å². The van der Waals surface area contributed by atoms with E-state index < -0.39 is 51.8 Å². The molecule has 18 heavy (non-hydrogen) atoms. The van der Waals surface area contributed by atoms with E-state index in [-0.39, 0.29) is 0 Å². The van der Waals surface area contributed by atoms with Gasteiger partial charge in [-0.1, -0.05) is 0 Å². The third kappa shape index (κ3) is 2.37. The van der Waals surface area contributed by atoms with Crippen molar-refractivity contribution in [2.75, 3.05) is 0 Å². The lowest BCUT2D eigenvalue weighted by Crippen LogP contribution is -2.33. The molecule has 0 spiro atoms. The summed E-state index contributed by atoms with van der Waals surface area (Å²) in [6.07, 6.45) is 0. The Morgan fingerprint density at radius 1 is 0.556 bits per heavy atom. The van der Waals surface area contributed by atoms with Crippen LogP contribution in [0.1, 0.15) is 0 Å². The Hall–Kier alpha value is 0.0200. The van der Waals surface area contributed by atoms with Crippen LogP contribution in [0.5, 0.6) is 0 Å². The molecule has 0 aromatic heterocycles. The zero-order valence-electron chi connectivity index (χ0n) is 7.43. The van der Waals surface area contributed by atoms with Crippen LogP contribution >= 0.6 is 0 Å². The predicted molar refractivity (Wildman–Crippen MR) is 57.2 cm³/mol. The highest BCUT2D eigenvalue weighted by atomic mass is 33.9. The normalized spacial score (nSPS) is 18.1. The summed E-state index contributed by atoms with van der Waals surface area (Å²) in [5, 5.41) is 0. The second-order valence-electron chi connectivity index (χ2n) is 2.07. The topological polar surface area (TPSA) is 211 Å². The second-order valence-corrected chi connectivity index (χ2v) is 21.0. The van der Waals surface area contributed by atoms with Crippen LogP contribution in [-0.2, 0) is 51.8 Å². The lowest BCUT2D eigenvalue weighted by atomic mass is 15.9. The molecule has 0 aliphatic rings. The Morgan fingerprint density at radius 3 is 0.833 bits per heavy atom. The summed E-state index contributed by atoms with van der Waals surface area (Å²) in [6.45, 7) is 0. The van der Waals surface area contributed by atoms with E-state index in [1.807, 2.05) is 0 Å². The average Bonchev–Trinajstić information content (AvgIpc) is 2.15. The maximum atomic E-state index is 10.9. The van der Waals surface area contributed by atoms with Crippen molar-refractivity contribution in [3.8, 4) is 0 Å². The van der Waals surface area contributed by atoms with Gasteiger partial charge in [0, 0.05) is 0 Å². The lowest BCUT2D eigenvalue weighted by Gasteiger charge is -2.02. The Bertz CT molecular complexity index is 721. The fourth-order valence-corrected chi connectivity index (χ4v) is 21.7. The SMILES string of the molecule is O=S(O)S(=O)(=O)S(=O)(=O)S(=O)(=O)S(=O)(=O)S(=O)O. The molecule has 2 atom stereocenters. The van der Waals surface area contributed by atoms with Gasteiger partial charge in [-0.05, 0) is 0 Å². The smallest absolute Gasteiger partial charge is 0.293 e. The first-order valence-electron chi connectivity index (χ1n) is 2.87. The van der Waals surface area contributed by atoms with Gasteiger partial charge in [0.1, 0.15) is 0 Å². The molecule has 0 aromatic carbocycles. The van der Waals surface area contributed by atoms with Crippen LogP contribution in [0.25, 0.3) is 0 Å². The van der Waals surface area contributed by atoms with Crippen LogP contribution < -0.4 is 0 Å². The molecule has 18 heteroatoms. The highest BCUT2D eigenvalue weighted by Crippen LogP contribution is 2.22. The summed E-state index contributed by atoms with van der Waals surface area (Å²) in [6, 6.07) is 0.